The van der Waals surface area contributed by atoms with Crippen LogP contribution < -0.4 is 10.5 Å². The van der Waals surface area contributed by atoms with Crippen molar-refractivity contribution in [1.82, 2.24) is 9.88 Å². The normalized spacial score (nSPS) is 11.9. The number of nitrogens with two attached hydrogens (primary N) is 1. The highest BCUT2D eigenvalue weighted by Crippen LogP contribution is 2.25. The predicted octanol–water partition coefficient (Wildman–Crippen LogP) is 0.982. The zero-order valence-corrected chi connectivity index (χ0v) is 11.3. The number of rotatable bonds is 5. The van der Waals surface area contributed by atoms with E-state index >= 15 is 0 Å². The molecule has 98 valence electrons. The minimum Gasteiger partial charge on any atom is -0.364 e. The van der Waals surface area contributed by atoms with Crippen LogP contribution in [0.2, 0.25) is 0 Å². The van der Waals surface area contributed by atoms with Gasteiger partial charge in [-0.15, -0.1) is 11.3 Å². The number of aryl methyl sites for hydroxylation is 1. The molecule has 2 rings (SSSR count). The Morgan fingerprint density at radius 2 is 2.33 bits per heavy atom. The Bertz CT molecular complexity index is 617. The molecule has 2 aromatic heterocycles. The molecule has 3 N–H and O–H groups in total. The first-order chi connectivity index (χ1) is 8.53. The topological polar surface area (TPSA) is 98.2 Å². The molecule has 0 aliphatic rings. The zero-order valence-electron chi connectivity index (χ0n) is 9.71. The maximum atomic E-state index is 12.1. The standard InChI is InChI=1S/C10H13N3O3S2/c1-7-10(4-9(5-11)17-7)18(14,15)12-6-8-2-3-16-13-8/h2-4,12H,5-6,11H2,1H3. The van der Waals surface area contributed by atoms with Crippen LogP contribution in [0.1, 0.15) is 15.4 Å². The van der Waals surface area contributed by atoms with Gasteiger partial charge < -0.3 is 10.3 Å². The Balaban J connectivity index is 2.17. The number of thiophene rings is 1. The van der Waals surface area contributed by atoms with Crippen LogP contribution >= 0.6 is 11.3 Å². The molecular formula is C10H13N3O3S2. The van der Waals surface area contributed by atoms with Crippen molar-refractivity contribution in [3.05, 3.63) is 33.8 Å². The Kier molecular flexibility index (Phi) is 3.81. The van der Waals surface area contributed by atoms with Gasteiger partial charge in [0, 0.05) is 22.4 Å². The van der Waals surface area contributed by atoms with Gasteiger partial charge in [-0.25, -0.2) is 13.1 Å². The van der Waals surface area contributed by atoms with Gasteiger partial charge in [-0.3, -0.25) is 0 Å². The lowest BCUT2D eigenvalue weighted by atomic mass is 10.4. The first-order valence-corrected chi connectivity index (χ1v) is 7.51. The molecule has 0 fully saturated rings. The second kappa shape index (κ2) is 5.19. The molecule has 0 saturated heterocycles. The molecule has 0 unspecified atom stereocenters. The second-order valence-corrected chi connectivity index (χ2v) is 6.73. The molecule has 0 saturated carbocycles. The fraction of sp³-hybridized carbons (Fsp3) is 0.300. The lowest BCUT2D eigenvalue weighted by Gasteiger charge is -2.03. The highest BCUT2D eigenvalue weighted by Gasteiger charge is 2.19. The maximum Gasteiger partial charge on any atom is 0.242 e. The van der Waals surface area contributed by atoms with Crippen molar-refractivity contribution in [2.45, 2.75) is 24.9 Å². The van der Waals surface area contributed by atoms with Crippen molar-refractivity contribution < 1.29 is 12.9 Å². The number of hydrogen-bond donors (Lipinski definition) is 2. The van der Waals surface area contributed by atoms with E-state index in [2.05, 4.69) is 14.4 Å². The van der Waals surface area contributed by atoms with Gasteiger partial charge in [0.05, 0.1) is 17.1 Å². The summed E-state index contributed by atoms with van der Waals surface area (Å²) < 4.78 is 31.3. The van der Waals surface area contributed by atoms with Gasteiger partial charge in [0.1, 0.15) is 6.26 Å². The van der Waals surface area contributed by atoms with Crippen molar-refractivity contribution in [1.29, 1.82) is 0 Å². The van der Waals surface area contributed by atoms with Crippen LogP contribution in [0.15, 0.2) is 27.8 Å². The third-order valence-electron chi connectivity index (χ3n) is 2.35. The molecule has 0 atom stereocenters. The third kappa shape index (κ3) is 2.78. The van der Waals surface area contributed by atoms with Gasteiger partial charge in [0.15, 0.2) is 0 Å². The molecule has 0 aliphatic carbocycles. The average Bonchev–Trinajstić information content (AvgIpc) is 2.95. The first kappa shape index (κ1) is 13.2. The number of hydrogen-bond acceptors (Lipinski definition) is 6. The lowest BCUT2D eigenvalue weighted by Crippen LogP contribution is -2.23. The highest BCUT2D eigenvalue weighted by molar-refractivity contribution is 7.89. The summed E-state index contributed by atoms with van der Waals surface area (Å²) in [5, 5.41) is 3.64. The monoisotopic (exact) mass is 287 g/mol. The van der Waals surface area contributed by atoms with Crippen LogP contribution in [0.5, 0.6) is 0 Å². The SMILES string of the molecule is Cc1sc(CN)cc1S(=O)(=O)NCc1ccon1. The largest absolute Gasteiger partial charge is 0.364 e. The summed E-state index contributed by atoms with van der Waals surface area (Å²) in [6, 6.07) is 3.21. The van der Waals surface area contributed by atoms with Crippen LogP contribution in [0.25, 0.3) is 0 Å². The summed E-state index contributed by atoms with van der Waals surface area (Å²) in [6.07, 6.45) is 1.39. The molecule has 6 nitrogen and oxygen atoms in total. The van der Waals surface area contributed by atoms with E-state index in [0.29, 0.717) is 12.2 Å². The fourth-order valence-electron chi connectivity index (χ4n) is 1.47. The summed E-state index contributed by atoms with van der Waals surface area (Å²) in [7, 11) is -3.53. The number of nitrogens with one attached hydrogen (secondary N) is 1. The summed E-state index contributed by atoms with van der Waals surface area (Å²) in [6.45, 7) is 2.20. The molecule has 8 heteroatoms. The van der Waals surface area contributed by atoms with Crippen molar-refractivity contribution in [2.24, 2.45) is 5.73 Å². The van der Waals surface area contributed by atoms with E-state index in [4.69, 9.17) is 5.73 Å². The number of sulfonamides is 1. The van der Waals surface area contributed by atoms with Crippen molar-refractivity contribution in [2.75, 3.05) is 0 Å². The van der Waals surface area contributed by atoms with E-state index in [1.54, 1.807) is 19.1 Å². The zero-order chi connectivity index (χ0) is 13.2. The quantitative estimate of drug-likeness (QED) is 0.854. The van der Waals surface area contributed by atoms with E-state index in [-0.39, 0.29) is 11.4 Å². The van der Waals surface area contributed by atoms with Gasteiger partial charge in [-0.05, 0) is 13.0 Å². The van der Waals surface area contributed by atoms with Crippen LogP contribution in [0.4, 0.5) is 0 Å². The van der Waals surface area contributed by atoms with E-state index in [0.717, 1.165) is 9.75 Å². The summed E-state index contributed by atoms with van der Waals surface area (Å²) >= 11 is 1.39. The summed E-state index contributed by atoms with van der Waals surface area (Å²) in [5.41, 5.74) is 6.03. The molecule has 18 heavy (non-hydrogen) atoms. The number of nitrogens with zero attached hydrogens (tertiary/aromatic N) is 1. The minimum absolute atomic E-state index is 0.103. The predicted molar refractivity (Wildman–Crippen MR) is 67.5 cm³/mol. The molecule has 2 aromatic rings. The molecule has 0 spiro atoms. The first-order valence-electron chi connectivity index (χ1n) is 5.21. The molecule has 0 aromatic carbocycles. The molecular weight excluding hydrogens is 274 g/mol. The van der Waals surface area contributed by atoms with Crippen LogP contribution in [0, 0.1) is 6.92 Å². The molecule has 0 radical (unpaired) electrons. The van der Waals surface area contributed by atoms with E-state index < -0.39 is 10.0 Å². The molecule has 0 aliphatic heterocycles. The van der Waals surface area contributed by atoms with E-state index in [1.165, 1.54) is 17.6 Å². The Morgan fingerprint density at radius 3 is 2.89 bits per heavy atom. The van der Waals surface area contributed by atoms with Crippen molar-refractivity contribution in [3.63, 3.8) is 0 Å². The van der Waals surface area contributed by atoms with Crippen LogP contribution in [-0.4, -0.2) is 13.6 Å². The fourth-order valence-corrected chi connectivity index (χ4v) is 3.98. The number of aromatic nitrogens is 1. The lowest BCUT2D eigenvalue weighted by molar-refractivity contribution is 0.411. The minimum atomic E-state index is -3.53. The molecule has 0 amide bonds. The third-order valence-corrected chi connectivity index (χ3v) is 5.08. The van der Waals surface area contributed by atoms with Gasteiger partial charge in [-0.2, -0.15) is 0 Å². The molecule has 2 heterocycles. The Morgan fingerprint density at radius 1 is 1.56 bits per heavy atom. The average molecular weight is 287 g/mol. The smallest absolute Gasteiger partial charge is 0.242 e. The Hall–Kier alpha value is -1.22. The van der Waals surface area contributed by atoms with E-state index in [1.807, 2.05) is 0 Å². The Labute approximate surface area is 109 Å². The van der Waals surface area contributed by atoms with Gasteiger partial charge >= 0.3 is 0 Å². The van der Waals surface area contributed by atoms with Gasteiger partial charge in [-0.1, -0.05) is 5.16 Å². The second-order valence-electron chi connectivity index (χ2n) is 3.65. The molecule has 0 bridgehead atoms. The van der Waals surface area contributed by atoms with Crippen LogP contribution in [0.3, 0.4) is 0 Å². The van der Waals surface area contributed by atoms with Crippen LogP contribution in [-0.2, 0) is 23.1 Å². The van der Waals surface area contributed by atoms with Gasteiger partial charge in [0.2, 0.25) is 10.0 Å². The highest BCUT2D eigenvalue weighted by atomic mass is 32.2. The van der Waals surface area contributed by atoms with E-state index in [9.17, 15) is 8.42 Å². The van der Waals surface area contributed by atoms with Gasteiger partial charge in [0.25, 0.3) is 0 Å². The van der Waals surface area contributed by atoms with Crippen molar-refractivity contribution >= 4 is 21.4 Å². The van der Waals surface area contributed by atoms with Crippen molar-refractivity contribution in [3.8, 4) is 0 Å². The summed E-state index contributed by atoms with van der Waals surface area (Å²) in [5.74, 6) is 0. The maximum absolute atomic E-state index is 12.1. The summed E-state index contributed by atoms with van der Waals surface area (Å²) in [4.78, 5) is 1.84.